The molecule has 0 atom stereocenters. The molecule has 5 rings (SSSR count). The van der Waals surface area contributed by atoms with Gasteiger partial charge in [0.2, 0.25) is 0 Å². The molecule has 2 aliphatic rings. The number of nitrogens with zero attached hydrogens (tertiary/aromatic N) is 2. The number of imide groups is 1. The number of carbonyl (C=O) groups excluding carboxylic acids is 2. The van der Waals surface area contributed by atoms with E-state index in [-0.39, 0.29) is 11.9 Å². The third kappa shape index (κ3) is 3.34. The Balaban J connectivity index is 1.43. The summed E-state index contributed by atoms with van der Waals surface area (Å²) >= 11 is 7.39. The summed E-state index contributed by atoms with van der Waals surface area (Å²) in [5, 5.41) is 11.0. The van der Waals surface area contributed by atoms with E-state index in [1.54, 1.807) is 53.4 Å². The van der Waals surface area contributed by atoms with Crippen molar-refractivity contribution in [2.45, 2.75) is 0 Å². The molecule has 3 heterocycles. The number of amidine groups is 1. The fourth-order valence-electron chi connectivity index (χ4n) is 3.77. The minimum Gasteiger partial charge on any atom is -0.463 e. The SMILES string of the molecule is C=C(Nc1cccc2c1C(=O)N(c1ccc(N3CCOC3=N)cc1)C2=O)c1ccc(Cl)s1. The van der Waals surface area contributed by atoms with Crippen molar-refractivity contribution in [3.05, 3.63) is 81.5 Å². The molecule has 0 unspecified atom stereocenters. The van der Waals surface area contributed by atoms with Crippen LogP contribution in [0, 0.1) is 5.41 Å². The van der Waals surface area contributed by atoms with Crippen LogP contribution in [-0.4, -0.2) is 31.0 Å². The first-order valence-corrected chi connectivity index (χ1v) is 11.0. The molecule has 0 saturated carbocycles. The molecule has 3 aromatic rings. The van der Waals surface area contributed by atoms with Crippen molar-refractivity contribution >= 4 is 63.5 Å². The van der Waals surface area contributed by atoms with Gasteiger partial charge in [0, 0.05) is 11.4 Å². The minimum atomic E-state index is -0.407. The molecule has 0 radical (unpaired) electrons. The van der Waals surface area contributed by atoms with Crippen LogP contribution in [0.15, 0.2) is 61.2 Å². The van der Waals surface area contributed by atoms with Crippen molar-refractivity contribution < 1.29 is 14.3 Å². The van der Waals surface area contributed by atoms with Crippen molar-refractivity contribution in [3.8, 4) is 0 Å². The van der Waals surface area contributed by atoms with Crippen LogP contribution in [0.3, 0.4) is 0 Å². The van der Waals surface area contributed by atoms with Gasteiger partial charge in [0.05, 0.1) is 38.3 Å². The maximum atomic E-state index is 13.3. The van der Waals surface area contributed by atoms with Gasteiger partial charge < -0.3 is 10.1 Å². The molecule has 0 spiro atoms. The van der Waals surface area contributed by atoms with Gasteiger partial charge in [-0.2, -0.15) is 0 Å². The molecular weight excluding hydrogens is 448 g/mol. The van der Waals surface area contributed by atoms with Crippen LogP contribution in [0.1, 0.15) is 25.6 Å². The summed E-state index contributed by atoms with van der Waals surface area (Å²) in [5.41, 5.74) is 2.96. The third-order valence-corrected chi connectivity index (χ3v) is 6.58. The molecule has 2 aliphatic heterocycles. The van der Waals surface area contributed by atoms with Crippen molar-refractivity contribution in [1.82, 2.24) is 0 Å². The molecule has 0 aliphatic carbocycles. The van der Waals surface area contributed by atoms with Crippen LogP contribution in [0.25, 0.3) is 5.70 Å². The molecule has 2 aromatic carbocycles. The zero-order valence-electron chi connectivity index (χ0n) is 16.7. The lowest BCUT2D eigenvalue weighted by Crippen LogP contribution is -2.29. The summed E-state index contributed by atoms with van der Waals surface area (Å²) in [6, 6.07) is 15.8. The summed E-state index contributed by atoms with van der Waals surface area (Å²) in [5.74, 6) is -0.793. The van der Waals surface area contributed by atoms with Crippen LogP contribution >= 0.6 is 22.9 Å². The van der Waals surface area contributed by atoms with E-state index in [1.807, 2.05) is 6.07 Å². The highest BCUT2D eigenvalue weighted by Crippen LogP contribution is 2.36. The number of fused-ring (bicyclic) bond motifs is 1. The van der Waals surface area contributed by atoms with Crippen molar-refractivity contribution in [3.63, 3.8) is 0 Å². The summed E-state index contributed by atoms with van der Waals surface area (Å²) < 4.78 is 5.81. The Labute approximate surface area is 193 Å². The lowest BCUT2D eigenvalue weighted by atomic mass is 10.1. The van der Waals surface area contributed by atoms with Crippen LogP contribution < -0.4 is 15.1 Å². The van der Waals surface area contributed by atoms with Crippen LogP contribution in [0.2, 0.25) is 4.34 Å². The van der Waals surface area contributed by atoms with Crippen molar-refractivity contribution in [2.75, 3.05) is 28.3 Å². The molecule has 2 N–H and O–H groups in total. The second-order valence-corrected chi connectivity index (χ2v) is 8.92. The largest absolute Gasteiger partial charge is 0.463 e. The van der Waals surface area contributed by atoms with Crippen LogP contribution in [0.5, 0.6) is 0 Å². The predicted molar refractivity (Wildman–Crippen MR) is 127 cm³/mol. The van der Waals surface area contributed by atoms with Crippen molar-refractivity contribution in [2.24, 2.45) is 0 Å². The maximum Gasteiger partial charge on any atom is 0.289 e. The number of anilines is 3. The van der Waals surface area contributed by atoms with Gasteiger partial charge in [-0.1, -0.05) is 24.2 Å². The first-order chi connectivity index (χ1) is 15.4. The average molecular weight is 465 g/mol. The zero-order valence-corrected chi connectivity index (χ0v) is 18.3. The van der Waals surface area contributed by atoms with Gasteiger partial charge in [-0.15, -0.1) is 11.3 Å². The number of amides is 2. The van der Waals surface area contributed by atoms with E-state index in [1.165, 1.54) is 11.3 Å². The number of halogens is 1. The van der Waals surface area contributed by atoms with E-state index >= 15 is 0 Å². The number of carbonyl (C=O) groups is 2. The average Bonchev–Trinajstić information content (AvgIpc) is 3.47. The van der Waals surface area contributed by atoms with E-state index in [0.29, 0.717) is 45.7 Å². The van der Waals surface area contributed by atoms with Gasteiger partial charge in [0.1, 0.15) is 6.61 Å². The fraction of sp³-hybridized carbons (Fsp3) is 0.0870. The number of hydrogen-bond acceptors (Lipinski definition) is 6. The highest BCUT2D eigenvalue weighted by molar-refractivity contribution is 7.17. The number of nitrogens with one attached hydrogen (secondary N) is 2. The first-order valence-electron chi connectivity index (χ1n) is 9.76. The monoisotopic (exact) mass is 464 g/mol. The Morgan fingerprint density at radius 3 is 2.47 bits per heavy atom. The molecule has 32 heavy (non-hydrogen) atoms. The Hall–Kier alpha value is -3.62. The number of ether oxygens (including phenoxy) is 1. The van der Waals surface area contributed by atoms with E-state index in [9.17, 15) is 9.59 Å². The number of benzene rings is 2. The summed E-state index contributed by atoms with van der Waals surface area (Å²) in [4.78, 5) is 30.1. The zero-order chi connectivity index (χ0) is 22.4. The van der Waals surface area contributed by atoms with Gasteiger partial charge in [0.15, 0.2) is 0 Å². The molecule has 2 amide bonds. The van der Waals surface area contributed by atoms with Gasteiger partial charge in [-0.3, -0.25) is 19.9 Å². The Morgan fingerprint density at radius 1 is 1.06 bits per heavy atom. The van der Waals surface area contributed by atoms with E-state index < -0.39 is 5.91 Å². The normalized spacial score (nSPS) is 15.2. The fourth-order valence-corrected chi connectivity index (χ4v) is 4.73. The molecule has 0 bridgehead atoms. The summed E-state index contributed by atoms with van der Waals surface area (Å²) in [6.07, 6.45) is 0. The summed E-state index contributed by atoms with van der Waals surface area (Å²) in [7, 11) is 0. The number of rotatable bonds is 5. The lowest BCUT2D eigenvalue weighted by molar-refractivity contribution is 0.0926. The second-order valence-electron chi connectivity index (χ2n) is 7.20. The summed E-state index contributed by atoms with van der Waals surface area (Å²) in [6.45, 7) is 5.07. The Morgan fingerprint density at radius 2 is 1.81 bits per heavy atom. The predicted octanol–water partition coefficient (Wildman–Crippen LogP) is 5.06. The maximum absolute atomic E-state index is 13.3. The molecule has 160 valence electrons. The highest BCUT2D eigenvalue weighted by Gasteiger charge is 2.38. The third-order valence-electron chi connectivity index (χ3n) is 5.29. The number of thiophene rings is 1. The smallest absolute Gasteiger partial charge is 0.289 e. The lowest BCUT2D eigenvalue weighted by Gasteiger charge is -2.18. The molecule has 1 fully saturated rings. The Bertz CT molecular complexity index is 1280. The molecule has 1 saturated heterocycles. The van der Waals surface area contributed by atoms with Gasteiger partial charge in [-0.25, -0.2) is 4.90 Å². The molecule has 1 aromatic heterocycles. The highest BCUT2D eigenvalue weighted by atomic mass is 35.5. The van der Waals surface area contributed by atoms with E-state index in [4.69, 9.17) is 21.7 Å². The minimum absolute atomic E-state index is 0.0847. The van der Waals surface area contributed by atoms with E-state index in [0.717, 1.165) is 15.5 Å². The van der Waals surface area contributed by atoms with Crippen molar-refractivity contribution in [1.29, 1.82) is 5.41 Å². The quantitative estimate of drug-likeness (QED) is 0.516. The Kier molecular flexibility index (Phi) is 4.96. The molecular formula is C23H17ClN4O3S. The number of hydrogen-bond donors (Lipinski definition) is 2. The second kappa shape index (κ2) is 7.81. The van der Waals surface area contributed by atoms with Gasteiger partial charge in [-0.05, 0) is 48.5 Å². The first kappa shape index (κ1) is 20.3. The standard InChI is InChI=1S/C23H17ClN4O3S/c1-13(18-9-10-19(24)32-18)26-17-4-2-3-16-20(17)22(30)28(21(16)29)15-7-5-14(6-8-15)27-11-12-31-23(27)25/h2-10,25-26H,1,11-12H2. The van der Waals surface area contributed by atoms with Gasteiger partial charge >= 0.3 is 0 Å². The van der Waals surface area contributed by atoms with Gasteiger partial charge in [0.25, 0.3) is 17.8 Å². The molecule has 9 heteroatoms. The van der Waals surface area contributed by atoms with Crippen LogP contribution in [-0.2, 0) is 4.74 Å². The topological polar surface area (TPSA) is 85.7 Å². The van der Waals surface area contributed by atoms with Crippen LogP contribution in [0.4, 0.5) is 17.1 Å². The van der Waals surface area contributed by atoms with E-state index in [2.05, 4.69) is 11.9 Å². The molecule has 7 nitrogen and oxygen atoms in total.